The van der Waals surface area contributed by atoms with Crippen LogP contribution in [0.2, 0.25) is 5.02 Å². The molecule has 0 aliphatic carbocycles. The normalized spacial score (nSPS) is 13.3. The van der Waals surface area contributed by atoms with Crippen molar-refractivity contribution in [3.63, 3.8) is 0 Å². The van der Waals surface area contributed by atoms with Crippen LogP contribution in [0.25, 0.3) is 0 Å². The van der Waals surface area contributed by atoms with E-state index in [4.69, 9.17) is 16.7 Å². The predicted octanol–water partition coefficient (Wildman–Crippen LogP) is 2.64. The largest absolute Gasteiger partial charge is 0.392 e. The molecule has 0 bridgehead atoms. The number of thiazole rings is 1. The van der Waals surface area contributed by atoms with Crippen molar-refractivity contribution in [3.8, 4) is 0 Å². The summed E-state index contributed by atoms with van der Waals surface area (Å²) in [4.78, 5) is 5.25. The molecule has 1 aromatic heterocycles. The van der Waals surface area contributed by atoms with E-state index in [0.717, 1.165) is 4.88 Å². The van der Waals surface area contributed by atoms with Gasteiger partial charge in [-0.15, -0.1) is 11.3 Å². The summed E-state index contributed by atoms with van der Waals surface area (Å²) < 4.78 is 27.2. The van der Waals surface area contributed by atoms with Crippen LogP contribution in [-0.4, -0.2) is 18.5 Å². The molecule has 8 heteroatoms. The smallest absolute Gasteiger partial charge is 0.241 e. The van der Waals surface area contributed by atoms with Crippen LogP contribution >= 0.6 is 22.9 Å². The SMILES string of the molecule is Cc1cnc(C(C)NS(=O)(=O)c2ccc(CO)c(Cl)c2)s1. The second-order valence-electron chi connectivity index (χ2n) is 4.56. The molecule has 1 unspecified atom stereocenters. The monoisotopic (exact) mass is 346 g/mol. The zero-order valence-corrected chi connectivity index (χ0v) is 13.9. The zero-order valence-electron chi connectivity index (χ0n) is 11.5. The standard InChI is InChI=1S/C13H15ClN2O3S2/c1-8-6-15-13(20-8)9(2)16-21(18,19)11-4-3-10(7-17)12(14)5-11/h3-6,9,16-17H,7H2,1-2H3. The van der Waals surface area contributed by atoms with E-state index in [-0.39, 0.29) is 16.5 Å². The van der Waals surface area contributed by atoms with Crippen LogP contribution in [0.1, 0.15) is 28.4 Å². The summed E-state index contributed by atoms with van der Waals surface area (Å²) in [5.74, 6) is 0. The molecule has 1 atom stereocenters. The molecule has 0 saturated heterocycles. The fourth-order valence-corrected chi connectivity index (χ4v) is 4.14. The second-order valence-corrected chi connectivity index (χ2v) is 7.95. The predicted molar refractivity (Wildman–Crippen MR) is 83.0 cm³/mol. The van der Waals surface area contributed by atoms with Crippen molar-refractivity contribution in [1.29, 1.82) is 0 Å². The van der Waals surface area contributed by atoms with Gasteiger partial charge in [-0.2, -0.15) is 0 Å². The molecule has 0 aliphatic heterocycles. The van der Waals surface area contributed by atoms with E-state index in [1.165, 1.54) is 29.5 Å². The number of hydrogen-bond acceptors (Lipinski definition) is 5. The Bertz CT molecular complexity index is 744. The van der Waals surface area contributed by atoms with Gasteiger partial charge in [-0.25, -0.2) is 18.1 Å². The Kier molecular flexibility index (Phi) is 5.00. The van der Waals surface area contributed by atoms with Gasteiger partial charge in [-0.3, -0.25) is 0 Å². The van der Waals surface area contributed by atoms with Gasteiger partial charge in [0.25, 0.3) is 0 Å². The van der Waals surface area contributed by atoms with Gasteiger partial charge in [0.15, 0.2) is 0 Å². The second kappa shape index (κ2) is 6.41. The Morgan fingerprint density at radius 3 is 2.71 bits per heavy atom. The molecule has 0 aliphatic rings. The van der Waals surface area contributed by atoms with Crippen molar-refractivity contribution >= 4 is 33.0 Å². The Labute approximate surface area is 132 Å². The molecule has 1 heterocycles. The molecule has 2 N–H and O–H groups in total. The number of aryl methyl sites for hydroxylation is 1. The fourth-order valence-electron chi connectivity index (χ4n) is 1.75. The maximum Gasteiger partial charge on any atom is 0.241 e. The summed E-state index contributed by atoms with van der Waals surface area (Å²) in [6, 6.07) is 3.81. The number of hydrogen-bond donors (Lipinski definition) is 2. The Morgan fingerprint density at radius 2 is 2.19 bits per heavy atom. The minimum atomic E-state index is -3.70. The van der Waals surface area contributed by atoms with Crippen LogP contribution in [0, 0.1) is 6.92 Å². The van der Waals surface area contributed by atoms with Crippen LogP contribution in [0.5, 0.6) is 0 Å². The van der Waals surface area contributed by atoms with E-state index in [9.17, 15) is 8.42 Å². The maximum atomic E-state index is 12.3. The lowest BCUT2D eigenvalue weighted by molar-refractivity contribution is 0.282. The summed E-state index contributed by atoms with van der Waals surface area (Å²) in [7, 11) is -3.70. The molecule has 2 aromatic rings. The summed E-state index contributed by atoms with van der Waals surface area (Å²) >= 11 is 7.37. The van der Waals surface area contributed by atoms with Crippen molar-refractivity contribution in [2.45, 2.75) is 31.4 Å². The number of aliphatic hydroxyl groups excluding tert-OH is 1. The number of benzene rings is 1. The van der Waals surface area contributed by atoms with Gasteiger partial charge < -0.3 is 5.11 Å². The van der Waals surface area contributed by atoms with Crippen LogP contribution in [0.3, 0.4) is 0 Å². The van der Waals surface area contributed by atoms with Crippen molar-refractivity contribution < 1.29 is 13.5 Å². The molecule has 0 radical (unpaired) electrons. The minimum Gasteiger partial charge on any atom is -0.392 e. The van der Waals surface area contributed by atoms with Crippen molar-refractivity contribution in [1.82, 2.24) is 9.71 Å². The molecule has 0 saturated carbocycles. The van der Waals surface area contributed by atoms with Gasteiger partial charge in [0.1, 0.15) is 5.01 Å². The molecular formula is C13H15ClN2O3S2. The van der Waals surface area contributed by atoms with Crippen LogP contribution in [-0.2, 0) is 16.6 Å². The highest BCUT2D eigenvalue weighted by molar-refractivity contribution is 7.89. The lowest BCUT2D eigenvalue weighted by Gasteiger charge is -2.12. The number of halogens is 1. The van der Waals surface area contributed by atoms with Crippen LogP contribution in [0.15, 0.2) is 29.3 Å². The van der Waals surface area contributed by atoms with Crippen LogP contribution < -0.4 is 4.72 Å². The molecule has 1 aromatic carbocycles. The molecule has 0 amide bonds. The third-order valence-electron chi connectivity index (χ3n) is 2.85. The molecule has 2 rings (SSSR count). The minimum absolute atomic E-state index is 0.0600. The Hall–Kier alpha value is -0.990. The average Bonchev–Trinajstić information content (AvgIpc) is 2.85. The van der Waals surface area contributed by atoms with E-state index in [2.05, 4.69) is 9.71 Å². The first-order valence-electron chi connectivity index (χ1n) is 6.17. The van der Waals surface area contributed by atoms with E-state index in [1.54, 1.807) is 13.1 Å². The lowest BCUT2D eigenvalue weighted by atomic mass is 10.2. The number of nitrogens with zero attached hydrogens (tertiary/aromatic N) is 1. The number of rotatable bonds is 5. The van der Waals surface area contributed by atoms with Gasteiger partial charge in [0, 0.05) is 16.1 Å². The van der Waals surface area contributed by atoms with E-state index in [0.29, 0.717) is 10.6 Å². The molecule has 0 spiro atoms. The topological polar surface area (TPSA) is 79.3 Å². The van der Waals surface area contributed by atoms with Gasteiger partial charge in [0.2, 0.25) is 10.0 Å². The highest BCUT2D eigenvalue weighted by Crippen LogP contribution is 2.24. The van der Waals surface area contributed by atoms with Gasteiger partial charge in [-0.05, 0) is 31.5 Å². The summed E-state index contributed by atoms with van der Waals surface area (Å²) in [5.41, 5.74) is 0.485. The first-order valence-corrected chi connectivity index (χ1v) is 8.85. The summed E-state index contributed by atoms with van der Waals surface area (Å²) in [6.45, 7) is 3.41. The first kappa shape index (κ1) is 16.4. The van der Waals surface area contributed by atoms with Crippen molar-refractivity contribution in [2.75, 3.05) is 0 Å². The molecule has 5 nitrogen and oxygen atoms in total. The lowest BCUT2D eigenvalue weighted by Crippen LogP contribution is -2.26. The van der Waals surface area contributed by atoms with E-state index in [1.807, 2.05) is 6.92 Å². The summed E-state index contributed by atoms with van der Waals surface area (Å²) in [5, 5.41) is 9.98. The number of aliphatic hydroxyl groups is 1. The first-order chi connectivity index (χ1) is 9.83. The highest BCUT2D eigenvalue weighted by atomic mass is 35.5. The van der Waals surface area contributed by atoms with Crippen molar-refractivity contribution in [3.05, 3.63) is 44.9 Å². The van der Waals surface area contributed by atoms with Gasteiger partial charge in [0.05, 0.1) is 17.5 Å². The van der Waals surface area contributed by atoms with E-state index >= 15 is 0 Å². The summed E-state index contributed by atoms with van der Waals surface area (Å²) in [6.07, 6.45) is 1.71. The zero-order chi connectivity index (χ0) is 15.6. The number of sulfonamides is 1. The molecule has 21 heavy (non-hydrogen) atoms. The quantitative estimate of drug-likeness (QED) is 0.872. The van der Waals surface area contributed by atoms with Crippen molar-refractivity contribution in [2.24, 2.45) is 0 Å². The number of nitrogens with one attached hydrogen (secondary N) is 1. The third kappa shape index (κ3) is 3.81. The number of aromatic nitrogens is 1. The van der Waals surface area contributed by atoms with Gasteiger partial charge in [-0.1, -0.05) is 17.7 Å². The Balaban J connectivity index is 2.24. The Morgan fingerprint density at radius 1 is 1.48 bits per heavy atom. The molecular weight excluding hydrogens is 332 g/mol. The average molecular weight is 347 g/mol. The fraction of sp³-hybridized carbons (Fsp3) is 0.308. The van der Waals surface area contributed by atoms with Crippen LogP contribution in [0.4, 0.5) is 0 Å². The van der Waals surface area contributed by atoms with Gasteiger partial charge >= 0.3 is 0 Å². The molecule has 0 fully saturated rings. The third-order valence-corrected chi connectivity index (χ3v) is 5.83. The highest BCUT2D eigenvalue weighted by Gasteiger charge is 2.21. The molecule has 114 valence electrons. The maximum absolute atomic E-state index is 12.3. The van der Waals surface area contributed by atoms with E-state index < -0.39 is 16.1 Å².